The van der Waals surface area contributed by atoms with Crippen molar-refractivity contribution in [3.8, 4) is 0 Å². The first-order valence-corrected chi connectivity index (χ1v) is 6.66. The van der Waals surface area contributed by atoms with Crippen molar-refractivity contribution in [3.05, 3.63) is 46.3 Å². The van der Waals surface area contributed by atoms with E-state index in [0.717, 1.165) is 34.1 Å². The number of aliphatic imine (C=N–C) groups is 1. The molecule has 2 aliphatic rings. The summed E-state index contributed by atoms with van der Waals surface area (Å²) in [6.07, 6.45) is 7.14. The molecule has 0 fully saturated rings. The summed E-state index contributed by atoms with van der Waals surface area (Å²) < 4.78 is 0. The average Bonchev–Trinajstić information content (AvgIpc) is 2.38. The molecule has 0 radical (unpaired) electrons. The summed E-state index contributed by atoms with van der Waals surface area (Å²) in [5, 5.41) is 0.872. The molecular formula is C15H15ClN2. The Bertz CT molecular complexity index is 584. The van der Waals surface area contributed by atoms with E-state index in [-0.39, 0.29) is 12.0 Å². The fourth-order valence-corrected chi connectivity index (χ4v) is 2.81. The number of pyridine rings is 1. The summed E-state index contributed by atoms with van der Waals surface area (Å²) >= 11 is 6.37. The molecule has 0 bridgehead atoms. The maximum absolute atomic E-state index is 6.37. The van der Waals surface area contributed by atoms with E-state index in [9.17, 15) is 0 Å². The number of aryl methyl sites for hydroxylation is 1. The molecule has 1 aromatic rings. The van der Waals surface area contributed by atoms with Gasteiger partial charge in [-0.3, -0.25) is 9.98 Å². The third kappa shape index (κ3) is 1.81. The van der Waals surface area contributed by atoms with Gasteiger partial charge in [-0.2, -0.15) is 0 Å². The number of aromatic nitrogens is 1. The highest BCUT2D eigenvalue weighted by Gasteiger charge is 2.32. The van der Waals surface area contributed by atoms with E-state index >= 15 is 0 Å². The Balaban J connectivity index is 2.13. The highest BCUT2D eigenvalue weighted by atomic mass is 35.5. The molecule has 0 saturated heterocycles. The average molecular weight is 259 g/mol. The van der Waals surface area contributed by atoms with Gasteiger partial charge in [-0.15, -0.1) is 0 Å². The molecule has 3 heteroatoms. The maximum atomic E-state index is 6.37. The Morgan fingerprint density at radius 3 is 2.94 bits per heavy atom. The molecule has 3 rings (SSSR count). The van der Waals surface area contributed by atoms with Gasteiger partial charge in [0.25, 0.3) is 0 Å². The summed E-state index contributed by atoms with van der Waals surface area (Å²) in [6, 6.07) is 4.20. The van der Waals surface area contributed by atoms with Gasteiger partial charge < -0.3 is 0 Å². The van der Waals surface area contributed by atoms with Gasteiger partial charge in [0.1, 0.15) is 6.04 Å². The molecule has 0 saturated carbocycles. The van der Waals surface area contributed by atoms with Gasteiger partial charge >= 0.3 is 0 Å². The number of allylic oxidation sites excluding steroid dienone is 1. The van der Waals surface area contributed by atoms with Crippen molar-refractivity contribution in [2.45, 2.75) is 26.3 Å². The molecule has 2 atom stereocenters. The van der Waals surface area contributed by atoms with Crippen molar-refractivity contribution in [2.24, 2.45) is 10.9 Å². The first-order valence-electron chi connectivity index (χ1n) is 6.28. The van der Waals surface area contributed by atoms with Crippen LogP contribution in [0, 0.1) is 12.8 Å². The van der Waals surface area contributed by atoms with E-state index in [2.05, 4.69) is 30.1 Å². The Hall–Kier alpha value is -1.41. The molecular weight excluding hydrogens is 244 g/mol. The van der Waals surface area contributed by atoms with Crippen LogP contribution in [0.3, 0.4) is 0 Å². The number of nitrogens with zero attached hydrogens (tertiary/aromatic N) is 2. The van der Waals surface area contributed by atoms with Gasteiger partial charge in [0.2, 0.25) is 0 Å². The van der Waals surface area contributed by atoms with Gasteiger partial charge in [0.15, 0.2) is 0 Å². The SMILES string of the molecule is CCC1=NC2c3nc(C)ccc3C=CC2C(Cl)=C1. The van der Waals surface area contributed by atoms with Crippen LogP contribution >= 0.6 is 11.6 Å². The first kappa shape index (κ1) is 11.7. The zero-order chi connectivity index (χ0) is 12.7. The van der Waals surface area contributed by atoms with Crippen LogP contribution in [0.25, 0.3) is 6.08 Å². The predicted molar refractivity (Wildman–Crippen MR) is 75.9 cm³/mol. The number of halogens is 1. The van der Waals surface area contributed by atoms with Gasteiger partial charge in [-0.1, -0.05) is 36.7 Å². The third-order valence-electron chi connectivity index (χ3n) is 3.49. The van der Waals surface area contributed by atoms with Crippen LogP contribution in [0.15, 0.2) is 34.3 Å². The van der Waals surface area contributed by atoms with E-state index in [4.69, 9.17) is 16.6 Å². The third-order valence-corrected chi connectivity index (χ3v) is 3.85. The lowest BCUT2D eigenvalue weighted by Gasteiger charge is -2.29. The van der Waals surface area contributed by atoms with Crippen LogP contribution in [0.5, 0.6) is 0 Å². The number of dihydropyridines is 1. The van der Waals surface area contributed by atoms with Gasteiger partial charge in [-0.05, 0) is 31.1 Å². The van der Waals surface area contributed by atoms with Crippen LogP contribution in [-0.4, -0.2) is 10.7 Å². The molecule has 18 heavy (non-hydrogen) atoms. The lowest BCUT2D eigenvalue weighted by Crippen LogP contribution is -2.21. The van der Waals surface area contributed by atoms with Crippen LogP contribution in [0.2, 0.25) is 0 Å². The second-order valence-electron chi connectivity index (χ2n) is 4.76. The normalized spacial score (nSPS) is 25.1. The van der Waals surface area contributed by atoms with Crippen LogP contribution in [-0.2, 0) is 0 Å². The standard InChI is InChI=1S/C15H15ClN2/c1-3-11-8-13(16)12-7-6-10-5-4-9(2)17-14(10)15(12)18-11/h4-8,12,15H,3H2,1-2H3. The summed E-state index contributed by atoms with van der Waals surface area (Å²) in [7, 11) is 0. The number of rotatable bonds is 1. The van der Waals surface area contributed by atoms with Crippen molar-refractivity contribution in [2.75, 3.05) is 0 Å². The Labute approximate surface area is 112 Å². The molecule has 92 valence electrons. The van der Waals surface area contributed by atoms with Crippen LogP contribution in [0.1, 0.15) is 36.3 Å². The first-order chi connectivity index (χ1) is 8.69. The summed E-state index contributed by atoms with van der Waals surface area (Å²) in [5.41, 5.74) is 4.31. The van der Waals surface area contributed by atoms with Gasteiger partial charge in [0.05, 0.1) is 5.69 Å². The summed E-state index contributed by atoms with van der Waals surface area (Å²) in [6.45, 7) is 4.11. The van der Waals surface area contributed by atoms with E-state index < -0.39 is 0 Å². The van der Waals surface area contributed by atoms with Crippen LogP contribution in [0.4, 0.5) is 0 Å². The molecule has 2 heterocycles. The van der Waals surface area contributed by atoms with Gasteiger partial charge in [-0.25, -0.2) is 0 Å². The molecule has 1 aromatic heterocycles. The van der Waals surface area contributed by atoms with E-state index in [0.29, 0.717) is 0 Å². The van der Waals surface area contributed by atoms with Crippen LogP contribution < -0.4 is 0 Å². The van der Waals surface area contributed by atoms with E-state index in [1.165, 1.54) is 0 Å². The molecule has 2 unspecified atom stereocenters. The summed E-state index contributed by atoms with van der Waals surface area (Å²) in [5.74, 6) is 0.156. The van der Waals surface area contributed by atoms with Crippen molar-refractivity contribution < 1.29 is 0 Å². The fourth-order valence-electron chi connectivity index (χ4n) is 2.50. The minimum atomic E-state index is 0.0531. The molecule has 0 aromatic carbocycles. The minimum absolute atomic E-state index is 0.0531. The second kappa shape index (κ2) is 4.36. The van der Waals surface area contributed by atoms with Crippen molar-refractivity contribution >= 4 is 23.4 Å². The molecule has 0 spiro atoms. The highest BCUT2D eigenvalue weighted by Crippen LogP contribution is 2.41. The Morgan fingerprint density at radius 2 is 2.17 bits per heavy atom. The highest BCUT2D eigenvalue weighted by molar-refractivity contribution is 6.32. The zero-order valence-electron chi connectivity index (χ0n) is 10.5. The Morgan fingerprint density at radius 1 is 1.33 bits per heavy atom. The largest absolute Gasteiger partial charge is 0.279 e. The zero-order valence-corrected chi connectivity index (χ0v) is 11.3. The molecule has 1 aliphatic carbocycles. The van der Waals surface area contributed by atoms with Crippen molar-refractivity contribution in [3.63, 3.8) is 0 Å². The van der Waals surface area contributed by atoms with E-state index in [1.54, 1.807) is 0 Å². The molecule has 2 nitrogen and oxygen atoms in total. The lowest BCUT2D eigenvalue weighted by atomic mass is 9.85. The maximum Gasteiger partial charge on any atom is 0.104 e. The predicted octanol–water partition coefficient (Wildman–Crippen LogP) is 4.06. The fraction of sp³-hybridized carbons (Fsp3) is 0.333. The second-order valence-corrected chi connectivity index (χ2v) is 5.20. The molecule has 0 amide bonds. The molecule has 1 aliphatic heterocycles. The van der Waals surface area contributed by atoms with Crippen molar-refractivity contribution in [1.29, 1.82) is 0 Å². The van der Waals surface area contributed by atoms with Gasteiger partial charge in [0, 0.05) is 22.4 Å². The Kier molecular flexibility index (Phi) is 2.83. The minimum Gasteiger partial charge on any atom is -0.279 e. The smallest absolute Gasteiger partial charge is 0.104 e. The number of fused-ring (bicyclic) bond motifs is 3. The lowest BCUT2D eigenvalue weighted by molar-refractivity contribution is 0.579. The quantitative estimate of drug-likeness (QED) is 0.746. The number of hydrogen-bond acceptors (Lipinski definition) is 2. The topological polar surface area (TPSA) is 25.2 Å². The van der Waals surface area contributed by atoms with Crippen molar-refractivity contribution in [1.82, 2.24) is 4.98 Å². The monoisotopic (exact) mass is 258 g/mol. The number of hydrogen-bond donors (Lipinski definition) is 0. The van der Waals surface area contributed by atoms with E-state index in [1.807, 2.05) is 19.1 Å². The molecule has 0 N–H and O–H groups in total. The summed E-state index contributed by atoms with van der Waals surface area (Å²) in [4.78, 5) is 9.45.